The molecule has 110 valence electrons. The Hall–Kier alpha value is -1.75. The smallest absolute Gasteiger partial charge is 0.264 e. The number of nitrogens with one attached hydrogen (secondary N) is 1. The molecule has 0 aromatic heterocycles. The number of carbonyl (C=O) groups excluding carboxylic acids is 1. The molecule has 20 heavy (non-hydrogen) atoms. The Labute approximate surface area is 118 Å². The number of ether oxygens (including phenoxy) is 2. The Morgan fingerprint density at radius 1 is 1.40 bits per heavy atom. The van der Waals surface area contributed by atoms with Gasteiger partial charge in [0, 0.05) is 13.2 Å². The highest BCUT2D eigenvalue weighted by atomic mass is 16.6. The average Bonchev–Trinajstić information content (AvgIpc) is 2.44. The molecule has 0 bridgehead atoms. The molecule has 1 unspecified atom stereocenters. The van der Waals surface area contributed by atoms with Gasteiger partial charge in [-0.05, 0) is 24.0 Å². The van der Waals surface area contributed by atoms with Crippen LogP contribution in [0.5, 0.6) is 11.5 Å². The fraction of sp³-hybridized carbons (Fsp3) is 0.533. The number of hydrogen-bond donors (Lipinski definition) is 2. The lowest BCUT2D eigenvalue weighted by Crippen LogP contribution is -2.46. The lowest BCUT2D eigenvalue weighted by atomic mass is 9.90. The maximum absolute atomic E-state index is 12.1. The SMILES string of the molecule is CC(C)(CCO)CNC(=O)C1COc2ccccc2O1. The highest BCUT2D eigenvalue weighted by molar-refractivity contribution is 5.81. The predicted molar refractivity (Wildman–Crippen MR) is 74.8 cm³/mol. The Kier molecular flexibility index (Phi) is 4.49. The molecule has 0 fully saturated rings. The molecule has 1 aliphatic rings. The van der Waals surface area contributed by atoms with E-state index >= 15 is 0 Å². The van der Waals surface area contributed by atoms with E-state index in [0.717, 1.165) is 0 Å². The van der Waals surface area contributed by atoms with Gasteiger partial charge >= 0.3 is 0 Å². The van der Waals surface area contributed by atoms with E-state index in [4.69, 9.17) is 14.6 Å². The summed E-state index contributed by atoms with van der Waals surface area (Å²) in [6, 6.07) is 7.30. The number of aliphatic hydroxyl groups is 1. The van der Waals surface area contributed by atoms with Gasteiger partial charge in [-0.3, -0.25) is 4.79 Å². The van der Waals surface area contributed by atoms with E-state index in [1.54, 1.807) is 6.07 Å². The fourth-order valence-electron chi connectivity index (χ4n) is 1.98. The van der Waals surface area contributed by atoms with Crippen LogP contribution in [0.3, 0.4) is 0 Å². The van der Waals surface area contributed by atoms with Crippen molar-refractivity contribution in [3.05, 3.63) is 24.3 Å². The van der Waals surface area contributed by atoms with Gasteiger partial charge in [0.05, 0.1) is 0 Å². The van der Waals surface area contributed by atoms with Crippen LogP contribution in [-0.2, 0) is 4.79 Å². The maximum Gasteiger partial charge on any atom is 0.264 e. The predicted octanol–water partition coefficient (Wildman–Crippen LogP) is 1.35. The van der Waals surface area contributed by atoms with Crippen LogP contribution in [0.2, 0.25) is 0 Å². The van der Waals surface area contributed by atoms with E-state index in [1.165, 1.54) is 0 Å². The maximum atomic E-state index is 12.1. The van der Waals surface area contributed by atoms with Crippen molar-refractivity contribution < 1.29 is 19.4 Å². The van der Waals surface area contributed by atoms with Crippen LogP contribution in [0.15, 0.2) is 24.3 Å². The number of carbonyl (C=O) groups is 1. The van der Waals surface area contributed by atoms with Crippen LogP contribution in [-0.4, -0.2) is 36.9 Å². The molecule has 1 atom stereocenters. The summed E-state index contributed by atoms with van der Waals surface area (Å²) in [7, 11) is 0. The third kappa shape index (κ3) is 3.63. The van der Waals surface area contributed by atoms with Crippen LogP contribution in [0.1, 0.15) is 20.3 Å². The van der Waals surface area contributed by atoms with Crippen molar-refractivity contribution in [1.82, 2.24) is 5.32 Å². The number of benzene rings is 1. The van der Waals surface area contributed by atoms with Gasteiger partial charge in [0.1, 0.15) is 6.61 Å². The molecule has 5 nitrogen and oxygen atoms in total. The summed E-state index contributed by atoms with van der Waals surface area (Å²) in [6.45, 7) is 4.81. The number of amides is 1. The fourth-order valence-corrected chi connectivity index (χ4v) is 1.98. The third-order valence-electron chi connectivity index (χ3n) is 3.33. The molecule has 1 heterocycles. The summed E-state index contributed by atoms with van der Waals surface area (Å²) < 4.78 is 11.1. The lowest BCUT2D eigenvalue weighted by molar-refractivity contribution is -0.130. The monoisotopic (exact) mass is 279 g/mol. The van der Waals surface area contributed by atoms with E-state index in [-0.39, 0.29) is 24.5 Å². The van der Waals surface area contributed by atoms with Gasteiger partial charge in [-0.15, -0.1) is 0 Å². The molecular formula is C15H21NO4. The van der Waals surface area contributed by atoms with Gasteiger partial charge in [-0.25, -0.2) is 0 Å². The second-order valence-electron chi connectivity index (χ2n) is 5.72. The van der Waals surface area contributed by atoms with E-state index in [9.17, 15) is 4.79 Å². The molecule has 1 aromatic rings. The first-order valence-corrected chi connectivity index (χ1v) is 6.79. The van der Waals surface area contributed by atoms with Crippen molar-refractivity contribution in [3.8, 4) is 11.5 Å². The van der Waals surface area contributed by atoms with Gasteiger partial charge < -0.3 is 19.9 Å². The highest BCUT2D eigenvalue weighted by Crippen LogP contribution is 2.30. The average molecular weight is 279 g/mol. The number of aliphatic hydroxyl groups excluding tert-OH is 1. The Bertz CT molecular complexity index is 473. The van der Waals surface area contributed by atoms with Gasteiger partial charge in [-0.2, -0.15) is 0 Å². The zero-order chi connectivity index (χ0) is 14.6. The molecule has 5 heteroatoms. The summed E-state index contributed by atoms with van der Waals surface area (Å²) in [5.74, 6) is 1.07. The van der Waals surface area contributed by atoms with Crippen molar-refractivity contribution in [2.24, 2.45) is 5.41 Å². The van der Waals surface area contributed by atoms with Gasteiger partial charge in [-0.1, -0.05) is 26.0 Å². The Balaban J connectivity index is 1.89. The molecule has 0 saturated carbocycles. The van der Waals surface area contributed by atoms with Crippen molar-refractivity contribution in [2.75, 3.05) is 19.8 Å². The van der Waals surface area contributed by atoms with Crippen LogP contribution in [0, 0.1) is 5.41 Å². The number of fused-ring (bicyclic) bond motifs is 1. The van der Waals surface area contributed by atoms with E-state index < -0.39 is 6.10 Å². The number of para-hydroxylation sites is 2. The van der Waals surface area contributed by atoms with Gasteiger partial charge in [0.15, 0.2) is 11.5 Å². The first-order valence-electron chi connectivity index (χ1n) is 6.79. The normalized spacial score (nSPS) is 17.6. The van der Waals surface area contributed by atoms with E-state index in [0.29, 0.717) is 24.5 Å². The molecule has 1 aliphatic heterocycles. The summed E-state index contributed by atoms with van der Waals surface area (Å²) in [5, 5.41) is 11.8. The molecule has 1 aromatic carbocycles. The Morgan fingerprint density at radius 3 is 2.80 bits per heavy atom. The highest BCUT2D eigenvalue weighted by Gasteiger charge is 2.28. The minimum atomic E-state index is -0.630. The third-order valence-corrected chi connectivity index (χ3v) is 3.33. The van der Waals surface area contributed by atoms with E-state index in [1.807, 2.05) is 32.0 Å². The molecule has 1 amide bonds. The molecule has 0 spiro atoms. The Morgan fingerprint density at radius 2 is 2.10 bits per heavy atom. The van der Waals surface area contributed by atoms with Crippen LogP contribution in [0.4, 0.5) is 0 Å². The molecule has 0 aliphatic carbocycles. The molecule has 0 radical (unpaired) electrons. The van der Waals surface area contributed by atoms with Gasteiger partial charge in [0.25, 0.3) is 5.91 Å². The second kappa shape index (κ2) is 6.13. The zero-order valence-electron chi connectivity index (χ0n) is 11.9. The first kappa shape index (κ1) is 14.7. The lowest BCUT2D eigenvalue weighted by Gasteiger charge is -2.28. The summed E-state index contributed by atoms with van der Waals surface area (Å²) in [5.41, 5.74) is -0.141. The van der Waals surface area contributed by atoms with Crippen molar-refractivity contribution in [3.63, 3.8) is 0 Å². The number of rotatable bonds is 5. The molecule has 2 N–H and O–H groups in total. The standard InChI is InChI=1S/C15H21NO4/c1-15(2,7-8-17)10-16-14(18)13-9-19-11-5-3-4-6-12(11)20-13/h3-6,13,17H,7-10H2,1-2H3,(H,16,18). The summed E-state index contributed by atoms with van der Waals surface area (Å²) >= 11 is 0. The largest absolute Gasteiger partial charge is 0.485 e. The minimum Gasteiger partial charge on any atom is -0.485 e. The van der Waals surface area contributed by atoms with Crippen molar-refractivity contribution in [2.45, 2.75) is 26.4 Å². The molecule has 0 saturated heterocycles. The van der Waals surface area contributed by atoms with Gasteiger partial charge in [0.2, 0.25) is 6.10 Å². The summed E-state index contributed by atoms with van der Waals surface area (Å²) in [6.07, 6.45) is 0.00725. The van der Waals surface area contributed by atoms with Crippen LogP contribution < -0.4 is 14.8 Å². The van der Waals surface area contributed by atoms with Crippen molar-refractivity contribution >= 4 is 5.91 Å². The first-order chi connectivity index (χ1) is 9.52. The molecular weight excluding hydrogens is 258 g/mol. The summed E-state index contributed by atoms with van der Waals surface area (Å²) in [4.78, 5) is 12.1. The van der Waals surface area contributed by atoms with E-state index in [2.05, 4.69) is 5.32 Å². The molecule has 2 rings (SSSR count). The van der Waals surface area contributed by atoms with Crippen LogP contribution in [0.25, 0.3) is 0 Å². The van der Waals surface area contributed by atoms with Crippen LogP contribution >= 0.6 is 0 Å². The quantitative estimate of drug-likeness (QED) is 0.854. The van der Waals surface area contributed by atoms with Crippen molar-refractivity contribution in [1.29, 1.82) is 0 Å². The zero-order valence-corrected chi connectivity index (χ0v) is 11.9. The topological polar surface area (TPSA) is 67.8 Å². The number of hydrogen-bond acceptors (Lipinski definition) is 4. The second-order valence-corrected chi connectivity index (χ2v) is 5.72. The minimum absolute atomic E-state index is 0.110.